The van der Waals surface area contributed by atoms with Crippen LogP contribution in [0, 0.1) is 17.8 Å². The number of carbonyl (C=O) groups is 4. The molecule has 0 spiro atoms. The molecule has 3 aliphatic carbocycles. The summed E-state index contributed by atoms with van der Waals surface area (Å²) in [7, 11) is 2.78. The van der Waals surface area contributed by atoms with Crippen LogP contribution in [-0.4, -0.2) is 85.5 Å². The third-order valence-corrected chi connectivity index (χ3v) is 7.17. The number of primary amides is 1. The maximum atomic E-state index is 13.7. The van der Waals surface area contributed by atoms with Gasteiger partial charge in [0.2, 0.25) is 11.7 Å². The van der Waals surface area contributed by atoms with Crippen LogP contribution in [0.1, 0.15) is 18.1 Å². The minimum absolute atomic E-state index is 0.00378. The van der Waals surface area contributed by atoms with Crippen molar-refractivity contribution in [3.63, 3.8) is 0 Å². The maximum Gasteiger partial charge on any atom is 0.235 e. The van der Waals surface area contributed by atoms with Gasteiger partial charge in [-0.1, -0.05) is 12.1 Å². The van der Waals surface area contributed by atoms with E-state index in [4.69, 9.17) is 5.73 Å². The van der Waals surface area contributed by atoms with E-state index < -0.39 is 81.4 Å². The fourth-order valence-corrected chi connectivity index (χ4v) is 5.74. The minimum atomic E-state index is -3.10. The summed E-state index contributed by atoms with van der Waals surface area (Å²) in [6.07, 6.45) is -1.90. The van der Waals surface area contributed by atoms with Gasteiger partial charge in [0.15, 0.2) is 23.1 Å². The number of nitrogens with zero attached hydrogens (tertiary/aromatic N) is 1. The number of aliphatic hydroxyl groups excluding tert-OH is 2. The SMILES string of the molecule is CN(C)[C@@H]1C(=O)C(C(N)=O)C(=O)[C@@]2(O)C(=O)C3=C(O)c4c(O)cccc4[C@@](C)(O)[C@H]3[C@H](O)[C@@H]12. The number of likely N-dealkylation sites (N-methyl/N-ethyl adjacent to an activating group) is 1. The number of aliphatic hydroxyl groups is 4. The number of ketones is 3. The van der Waals surface area contributed by atoms with Gasteiger partial charge in [0, 0.05) is 0 Å². The lowest BCUT2D eigenvalue weighted by molar-refractivity contribution is -0.195. The first-order valence-electron chi connectivity index (χ1n) is 10.2. The number of carbonyl (C=O) groups excluding carboxylic acids is 4. The molecule has 11 nitrogen and oxygen atoms in total. The number of phenols is 1. The van der Waals surface area contributed by atoms with Gasteiger partial charge in [0.25, 0.3) is 0 Å². The molecule has 33 heavy (non-hydrogen) atoms. The predicted molar refractivity (Wildman–Crippen MR) is 110 cm³/mol. The first-order valence-corrected chi connectivity index (χ1v) is 10.2. The first kappa shape index (κ1) is 23.1. The van der Waals surface area contributed by atoms with Gasteiger partial charge >= 0.3 is 0 Å². The van der Waals surface area contributed by atoms with Crippen LogP contribution in [0.15, 0.2) is 23.8 Å². The summed E-state index contributed by atoms with van der Waals surface area (Å²) >= 11 is 0. The lowest BCUT2D eigenvalue weighted by Gasteiger charge is -2.55. The summed E-state index contributed by atoms with van der Waals surface area (Å²) in [6.45, 7) is 1.24. The molecule has 0 heterocycles. The van der Waals surface area contributed by atoms with Crippen LogP contribution in [0.4, 0.5) is 0 Å². The smallest absolute Gasteiger partial charge is 0.235 e. The number of rotatable bonds is 2. The molecule has 0 aromatic heterocycles. The highest BCUT2D eigenvalue weighted by Gasteiger charge is 2.72. The Hall–Kier alpha value is -3.12. The van der Waals surface area contributed by atoms with Crippen molar-refractivity contribution in [3.8, 4) is 5.75 Å². The molecule has 176 valence electrons. The molecule has 2 fully saturated rings. The van der Waals surface area contributed by atoms with E-state index in [1.54, 1.807) is 0 Å². The topological polar surface area (TPSA) is 199 Å². The van der Waals surface area contributed by atoms with Crippen LogP contribution in [0.3, 0.4) is 0 Å². The van der Waals surface area contributed by atoms with Gasteiger partial charge in [-0.25, -0.2) is 0 Å². The zero-order chi connectivity index (χ0) is 24.8. The highest BCUT2D eigenvalue weighted by molar-refractivity contribution is 6.32. The fourth-order valence-electron chi connectivity index (χ4n) is 5.74. The normalized spacial score (nSPS) is 38.2. The Kier molecular flexibility index (Phi) is 4.85. The fraction of sp³-hybridized carbons (Fsp3) is 0.455. The molecule has 4 rings (SSSR count). The van der Waals surface area contributed by atoms with Crippen LogP contribution < -0.4 is 5.73 Å². The van der Waals surface area contributed by atoms with E-state index >= 15 is 0 Å². The molecule has 1 unspecified atom stereocenters. The largest absolute Gasteiger partial charge is 0.507 e. The average molecular weight is 460 g/mol. The third kappa shape index (κ3) is 2.64. The summed E-state index contributed by atoms with van der Waals surface area (Å²) in [5, 5.41) is 55.5. The molecule has 1 aromatic rings. The summed E-state index contributed by atoms with van der Waals surface area (Å²) < 4.78 is 0. The minimum Gasteiger partial charge on any atom is -0.507 e. The molecule has 0 radical (unpaired) electrons. The Morgan fingerprint density at radius 1 is 1.12 bits per heavy atom. The predicted octanol–water partition coefficient (Wildman–Crippen LogP) is -2.03. The molecule has 0 bridgehead atoms. The molecular formula is C22H24N2O9. The molecule has 2 saturated carbocycles. The van der Waals surface area contributed by atoms with Crippen LogP contribution >= 0.6 is 0 Å². The van der Waals surface area contributed by atoms with Crippen LogP contribution in [-0.2, 0) is 24.8 Å². The number of phenolic OH excluding ortho intramolecular Hbond substituents is 1. The Morgan fingerprint density at radius 2 is 1.73 bits per heavy atom. The van der Waals surface area contributed by atoms with E-state index in [0.29, 0.717) is 0 Å². The highest BCUT2D eigenvalue weighted by atomic mass is 16.3. The van der Waals surface area contributed by atoms with E-state index in [2.05, 4.69) is 0 Å². The van der Waals surface area contributed by atoms with E-state index in [0.717, 1.165) is 0 Å². The monoisotopic (exact) mass is 460 g/mol. The van der Waals surface area contributed by atoms with Crippen molar-refractivity contribution in [3.05, 3.63) is 34.9 Å². The highest BCUT2D eigenvalue weighted by Crippen LogP contribution is 2.56. The van der Waals surface area contributed by atoms with E-state index in [-0.39, 0.29) is 11.1 Å². The van der Waals surface area contributed by atoms with Crippen LogP contribution in [0.25, 0.3) is 5.76 Å². The standard InChI is InChI=1S/C22H24N2O9/c1-21(32)7-5-4-6-8(25)9(7)15(26)10-12(21)17(28)13-14(24(2)3)16(27)11(20(23)31)19(30)22(13,33)18(10)29/h4-6,11-14,17,25-26,28,32-33H,1-3H3,(H2,23,31)/t11?,12-,13-,14+,17+,21-,22+/m1/s1. The number of hydrogen-bond donors (Lipinski definition) is 6. The molecule has 0 saturated heterocycles. The van der Waals surface area contributed by atoms with E-state index in [1.165, 1.54) is 44.1 Å². The molecule has 7 atom stereocenters. The van der Waals surface area contributed by atoms with Crippen molar-refractivity contribution >= 4 is 29.0 Å². The van der Waals surface area contributed by atoms with E-state index in [9.17, 15) is 44.7 Å². The van der Waals surface area contributed by atoms with Gasteiger partial charge in [-0.2, -0.15) is 0 Å². The number of nitrogens with two attached hydrogens (primary N) is 1. The molecule has 0 aliphatic heterocycles. The number of Topliss-reactive ketones (excluding diaryl/α,β-unsaturated/α-hetero) is 3. The molecule has 3 aliphatic rings. The quantitative estimate of drug-likeness (QED) is 0.268. The van der Waals surface area contributed by atoms with Crippen molar-refractivity contribution in [1.29, 1.82) is 0 Å². The molecule has 1 amide bonds. The average Bonchev–Trinajstić information content (AvgIpc) is 2.70. The zero-order valence-corrected chi connectivity index (χ0v) is 18.0. The zero-order valence-electron chi connectivity index (χ0n) is 18.0. The third-order valence-electron chi connectivity index (χ3n) is 7.17. The summed E-state index contributed by atoms with van der Waals surface area (Å²) in [5.41, 5.74) is -0.914. The lowest BCUT2D eigenvalue weighted by atomic mass is 9.51. The summed E-state index contributed by atoms with van der Waals surface area (Å²) in [6, 6.07) is 2.48. The van der Waals surface area contributed by atoms with Gasteiger partial charge < -0.3 is 31.3 Å². The second-order valence-corrected chi connectivity index (χ2v) is 9.21. The first-order chi connectivity index (χ1) is 15.2. The van der Waals surface area contributed by atoms with Crippen molar-refractivity contribution in [1.82, 2.24) is 4.90 Å². The maximum absolute atomic E-state index is 13.7. The van der Waals surface area contributed by atoms with Crippen molar-refractivity contribution in [2.24, 2.45) is 23.5 Å². The number of hydrogen-bond acceptors (Lipinski definition) is 10. The van der Waals surface area contributed by atoms with E-state index in [1.807, 2.05) is 0 Å². The molecule has 7 N–H and O–H groups in total. The van der Waals surface area contributed by atoms with Crippen molar-refractivity contribution in [2.45, 2.75) is 30.3 Å². The van der Waals surface area contributed by atoms with Gasteiger partial charge in [-0.3, -0.25) is 24.1 Å². The Bertz CT molecular complexity index is 1150. The molecular weight excluding hydrogens is 436 g/mol. The van der Waals surface area contributed by atoms with Crippen molar-refractivity contribution < 1.29 is 44.7 Å². The van der Waals surface area contributed by atoms with Gasteiger partial charge in [0.05, 0.1) is 40.7 Å². The number of aromatic hydroxyl groups is 1. The number of benzene rings is 1. The Labute approximate surface area is 187 Å². The lowest BCUT2D eigenvalue weighted by Crippen LogP contribution is -2.76. The summed E-state index contributed by atoms with van der Waals surface area (Å²) in [5.74, 6) is -12.1. The Balaban J connectivity index is 2.06. The second kappa shape index (κ2) is 6.94. The Morgan fingerprint density at radius 3 is 2.27 bits per heavy atom. The van der Waals surface area contributed by atoms with Gasteiger partial charge in [-0.15, -0.1) is 0 Å². The number of fused-ring (bicyclic) bond motifs is 3. The second-order valence-electron chi connectivity index (χ2n) is 9.21. The van der Waals surface area contributed by atoms with Crippen molar-refractivity contribution in [2.75, 3.05) is 14.1 Å². The summed E-state index contributed by atoms with van der Waals surface area (Å²) in [4.78, 5) is 53.1. The van der Waals surface area contributed by atoms with Gasteiger partial charge in [-0.05, 0) is 32.6 Å². The number of amides is 1. The molecule has 1 aromatic carbocycles. The molecule has 11 heteroatoms. The van der Waals surface area contributed by atoms with Crippen LogP contribution in [0.5, 0.6) is 5.75 Å². The van der Waals surface area contributed by atoms with Crippen LogP contribution in [0.2, 0.25) is 0 Å². The van der Waals surface area contributed by atoms with Gasteiger partial charge in [0.1, 0.15) is 11.5 Å².